The lowest BCUT2D eigenvalue weighted by atomic mass is 9.95. The first kappa shape index (κ1) is 25.8. The van der Waals surface area contributed by atoms with Gasteiger partial charge in [0, 0.05) is 24.6 Å². The number of aromatic nitrogens is 2. The van der Waals surface area contributed by atoms with Crippen LogP contribution in [0, 0.1) is 27.4 Å². The fourth-order valence-corrected chi connectivity index (χ4v) is 4.11. The van der Waals surface area contributed by atoms with Gasteiger partial charge in [0.1, 0.15) is 23.4 Å². The van der Waals surface area contributed by atoms with Gasteiger partial charge in [0.25, 0.3) is 5.88 Å². The number of nitrogens with one attached hydrogen (secondary N) is 1. The van der Waals surface area contributed by atoms with Crippen molar-refractivity contribution < 1.29 is 37.9 Å². The molecule has 16 nitrogen and oxygen atoms in total. The quantitative estimate of drug-likeness (QED) is 0.189. The maximum atomic E-state index is 12.4. The number of carboxylic acids is 2. The maximum Gasteiger partial charge on any atom is 0.352 e. The predicted molar refractivity (Wildman–Crippen MR) is 118 cm³/mol. The number of hydrogen-bond donors (Lipinski definition) is 4. The number of nitrogens with two attached hydrogens (primary N) is 1. The van der Waals surface area contributed by atoms with Crippen molar-refractivity contribution in [3.8, 4) is 11.8 Å². The summed E-state index contributed by atoms with van der Waals surface area (Å²) in [5.41, 5.74) is -4.29. The molecule has 3 rings (SSSR count). The van der Waals surface area contributed by atoms with E-state index in [1.165, 1.54) is 12.5 Å². The molecule has 0 bridgehead atoms. The molecule has 0 fully saturated rings. The van der Waals surface area contributed by atoms with Crippen LogP contribution in [0.4, 0.5) is 0 Å². The highest BCUT2D eigenvalue weighted by Crippen LogP contribution is 2.30. The highest BCUT2D eigenvalue weighted by Gasteiger charge is 2.46. The Bertz CT molecular complexity index is 1440. The van der Waals surface area contributed by atoms with Gasteiger partial charge in [-0.3, -0.25) is 14.9 Å². The van der Waals surface area contributed by atoms with Crippen LogP contribution in [0.5, 0.6) is 5.75 Å². The molecule has 0 radical (unpaired) electrons. The van der Waals surface area contributed by atoms with E-state index in [9.17, 15) is 38.3 Å². The zero-order chi connectivity index (χ0) is 26.8. The van der Waals surface area contributed by atoms with Gasteiger partial charge in [-0.05, 0) is 18.2 Å². The number of allylic oxidation sites excluding steroid dienone is 1. The number of ether oxygens (including phenoxy) is 1. The van der Waals surface area contributed by atoms with Crippen LogP contribution in [0.2, 0.25) is 0 Å². The molecule has 2 heterocycles. The number of nitrogens with zero attached hydrogens (tertiary/aromatic N) is 5. The average molecular weight is 519 g/mol. The van der Waals surface area contributed by atoms with Crippen molar-refractivity contribution in [2.45, 2.75) is 11.9 Å². The van der Waals surface area contributed by atoms with E-state index < -0.39 is 61.0 Å². The second kappa shape index (κ2) is 9.81. The summed E-state index contributed by atoms with van der Waals surface area (Å²) in [7, 11) is -4.21. The van der Waals surface area contributed by atoms with Gasteiger partial charge in [-0.15, -0.1) is 0 Å². The van der Waals surface area contributed by atoms with E-state index in [4.69, 9.17) is 15.8 Å². The Balaban J connectivity index is 2.23. The van der Waals surface area contributed by atoms with Crippen LogP contribution >= 0.6 is 0 Å². The van der Waals surface area contributed by atoms with Crippen molar-refractivity contribution in [1.29, 1.82) is 5.26 Å². The molecular formula is C19H17N7O9S. The Kier molecular flexibility index (Phi) is 7.03. The topological polar surface area (TPSA) is 255 Å². The Morgan fingerprint density at radius 1 is 1.42 bits per heavy atom. The van der Waals surface area contributed by atoms with Crippen LogP contribution in [0.25, 0.3) is 0 Å². The first-order valence-electron chi connectivity index (χ1n) is 9.70. The van der Waals surface area contributed by atoms with Crippen LogP contribution < -0.4 is 10.6 Å². The van der Waals surface area contributed by atoms with E-state index in [-0.39, 0.29) is 23.4 Å². The lowest BCUT2D eigenvalue weighted by molar-refractivity contribution is -0.420. The summed E-state index contributed by atoms with van der Waals surface area (Å²) < 4.78 is 30.3. The molecule has 0 saturated carbocycles. The maximum absolute atomic E-state index is 12.4. The van der Waals surface area contributed by atoms with Crippen LogP contribution in [-0.2, 0) is 21.1 Å². The van der Waals surface area contributed by atoms with E-state index in [0.717, 1.165) is 24.5 Å². The van der Waals surface area contributed by atoms with E-state index in [2.05, 4.69) is 15.0 Å². The standard InChI is InChI=1S/C19H17N7O9S/c1-36(33,34)19-24-14(13(18(29)30)4-10-7-22-8-23-10)15(26(31)32)16(25(19)21)35-11-3-2-9(6-20)12(5-11)17(27)28/h2-3,5,7-8,13,19H,4,21H2,1H3,(H,22,23)(H,27,28)(H,29,30). The zero-order valence-corrected chi connectivity index (χ0v) is 19.0. The minimum atomic E-state index is -4.21. The summed E-state index contributed by atoms with van der Waals surface area (Å²) in [6.45, 7) is 0. The molecule has 36 heavy (non-hydrogen) atoms. The monoisotopic (exact) mass is 519 g/mol. The molecule has 188 valence electrons. The molecule has 1 aliphatic heterocycles. The number of aromatic carboxylic acids is 1. The normalized spacial score (nSPS) is 16.6. The highest BCUT2D eigenvalue weighted by molar-refractivity contribution is 7.91. The Hall–Kier alpha value is -4.82. The zero-order valence-electron chi connectivity index (χ0n) is 18.2. The lowest BCUT2D eigenvalue weighted by Crippen LogP contribution is -2.51. The number of nitro groups is 1. The van der Waals surface area contributed by atoms with E-state index in [1.54, 1.807) is 6.07 Å². The summed E-state index contributed by atoms with van der Waals surface area (Å²) in [5, 5.41) is 40.6. The minimum Gasteiger partial charge on any atom is -0.481 e. The van der Waals surface area contributed by atoms with Crippen molar-refractivity contribution in [2.75, 3.05) is 6.26 Å². The molecular weight excluding hydrogens is 502 g/mol. The van der Waals surface area contributed by atoms with Crippen LogP contribution in [0.15, 0.2) is 47.3 Å². The molecule has 0 amide bonds. The lowest BCUT2D eigenvalue weighted by Gasteiger charge is -2.31. The Labute approximate surface area is 202 Å². The van der Waals surface area contributed by atoms with Gasteiger partial charge in [0.15, 0.2) is 9.84 Å². The van der Waals surface area contributed by atoms with Crippen molar-refractivity contribution in [3.05, 3.63) is 69.2 Å². The van der Waals surface area contributed by atoms with Crippen molar-refractivity contribution >= 4 is 27.5 Å². The fraction of sp³-hybridized carbons (Fsp3) is 0.211. The van der Waals surface area contributed by atoms with Gasteiger partial charge in [0.05, 0.1) is 22.4 Å². The summed E-state index contributed by atoms with van der Waals surface area (Å²) in [6.07, 6.45) is 2.88. The predicted octanol–water partition coefficient (Wildman–Crippen LogP) is -0.294. The van der Waals surface area contributed by atoms with E-state index >= 15 is 0 Å². The molecule has 0 spiro atoms. The van der Waals surface area contributed by atoms with Gasteiger partial charge in [0.2, 0.25) is 5.50 Å². The van der Waals surface area contributed by atoms with Gasteiger partial charge in [-0.25, -0.2) is 34.0 Å². The molecule has 1 aliphatic rings. The number of rotatable bonds is 9. The third-order valence-corrected chi connectivity index (χ3v) is 5.99. The Morgan fingerprint density at radius 3 is 2.61 bits per heavy atom. The van der Waals surface area contributed by atoms with E-state index in [0.29, 0.717) is 5.01 Å². The van der Waals surface area contributed by atoms with Gasteiger partial charge >= 0.3 is 17.6 Å². The van der Waals surface area contributed by atoms with Gasteiger partial charge in [-0.2, -0.15) is 5.26 Å². The number of H-pyrrole nitrogens is 1. The molecule has 2 aromatic rings. The SMILES string of the molecule is CS(=O)(=O)C1N=C(C(Cc2cnc[nH]2)C(=O)O)C([N+](=O)[O-])=C(Oc2ccc(C#N)c(C(=O)O)c2)N1N. The molecule has 17 heteroatoms. The molecule has 1 aromatic heterocycles. The number of hydrogen-bond acceptors (Lipinski definition) is 12. The van der Waals surface area contributed by atoms with Crippen molar-refractivity contribution in [2.24, 2.45) is 16.8 Å². The average Bonchev–Trinajstić information content (AvgIpc) is 3.30. The number of aromatic amines is 1. The van der Waals surface area contributed by atoms with E-state index in [1.807, 2.05) is 0 Å². The first-order chi connectivity index (χ1) is 16.8. The smallest absolute Gasteiger partial charge is 0.352 e. The largest absolute Gasteiger partial charge is 0.481 e. The highest BCUT2D eigenvalue weighted by atomic mass is 32.2. The number of aliphatic imine (C=N–C) groups is 1. The number of imidazole rings is 1. The van der Waals surface area contributed by atoms with Crippen molar-refractivity contribution in [1.82, 2.24) is 15.0 Å². The summed E-state index contributed by atoms with van der Waals surface area (Å²) in [4.78, 5) is 44.8. The number of nitriles is 1. The number of benzene rings is 1. The molecule has 2 atom stereocenters. The van der Waals surface area contributed by atoms with Crippen molar-refractivity contribution in [3.63, 3.8) is 0 Å². The minimum absolute atomic E-state index is 0.242. The fourth-order valence-electron chi connectivity index (χ4n) is 3.29. The third kappa shape index (κ3) is 5.13. The molecule has 1 aromatic carbocycles. The van der Waals surface area contributed by atoms with Gasteiger partial charge < -0.3 is 19.9 Å². The van der Waals surface area contributed by atoms with Crippen LogP contribution in [0.1, 0.15) is 21.6 Å². The second-order valence-corrected chi connectivity index (χ2v) is 9.47. The number of carboxylic acid groups (broad SMARTS) is 2. The van der Waals surface area contributed by atoms with Crippen LogP contribution in [-0.4, -0.2) is 67.9 Å². The first-order valence-corrected chi connectivity index (χ1v) is 11.7. The molecule has 0 saturated heterocycles. The molecule has 2 unspecified atom stereocenters. The van der Waals surface area contributed by atoms with Crippen LogP contribution in [0.3, 0.4) is 0 Å². The second-order valence-electron chi connectivity index (χ2n) is 7.39. The summed E-state index contributed by atoms with van der Waals surface area (Å²) in [6, 6.07) is 4.70. The summed E-state index contributed by atoms with van der Waals surface area (Å²) in [5.74, 6) is -0.212. The summed E-state index contributed by atoms with van der Waals surface area (Å²) >= 11 is 0. The molecule has 5 N–H and O–H groups in total. The van der Waals surface area contributed by atoms with Gasteiger partial charge in [-0.1, -0.05) is 0 Å². The number of carbonyl (C=O) groups is 2. The number of hydrazine groups is 1. The molecule has 0 aliphatic carbocycles. The third-order valence-electron chi connectivity index (χ3n) is 4.90. The number of sulfone groups is 1. The Morgan fingerprint density at radius 2 is 2.11 bits per heavy atom. The number of aliphatic carboxylic acids is 1.